The number of hydrogen-bond donors (Lipinski definition) is 2. The van der Waals surface area contributed by atoms with Crippen LogP contribution in [0.5, 0.6) is 0 Å². The van der Waals surface area contributed by atoms with Crippen molar-refractivity contribution in [3.8, 4) is 0 Å². The zero-order valence-electron chi connectivity index (χ0n) is 9.33. The minimum Gasteiger partial charge on any atom is -0.383 e. The summed E-state index contributed by atoms with van der Waals surface area (Å²) < 4.78 is 26.8. The van der Waals surface area contributed by atoms with Gasteiger partial charge in [-0.25, -0.2) is 18.1 Å². The Labute approximate surface area is 101 Å². The van der Waals surface area contributed by atoms with Crippen molar-refractivity contribution >= 4 is 15.8 Å². The molecule has 1 unspecified atom stereocenters. The predicted molar refractivity (Wildman–Crippen MR) is 65.7 cm³/mol. The molecule has 1 heterocycles. The fraction of sp³-hybridized carbons (Fsp3) is 0.364. The van der Waals surface area contributed by atoms with Gasteiger partial charge in [0.2, 0.25) is 10.0 Å². The molecular formula is C11H15N3O2S. The van der Waals surface area contributed by atoms with Crippen LogP contribution < -0.4 is 10.5 Å². The van der Waals surface area contributed by atoms with Crippen molar-refractivity contribution in [2.75, 3.05) is 5.73 Å². The summed E-state index contributed by atoms with van der Waals surface area (Å²) >= 11 is 0. The van der Waals surface area contributed by atoms with Gasteiger partial charge in [-0.05, 0) is 31.4 Å². The van der Waals surface area contributed by atoms with E-state index in [4.69, 9.17) is 5.73 Å². The monoisotopic (exact) mass is 253 g/mol. The Morgan fingerprint density at radius 1 is 1.41 bits per heavy atom. The van der Waals surface area contributed by atoms with Gasteiger partial charge in [0.15, 0.2) is 0 Å². The van der Waals surface area contributed by atoms with E-state index in [-0.39, 0.29) is 16.8 Å². The van der Waals surface area contributed by atoms with Gasteiger partial charge in [0.25, 0.3) is 0 Å². The molecule has 1 atom stereocenters. The number of aromatic nitrogens is 1. The number of nitrogens with zero attached hydrogens (tertiary/aromatic N) is 1. The van der Waals surface area contributed by atoms with Crippen LogP contribution in [0.3, 0.4) is 0 Å². The van der Waals surface area contributed by atoms with E-state index in [1.807, 2.05) is 6.08 Å². The highest BCUT2D eigenvalue weighted by Gasteiger charge is 2.22. The largest absolute Gasteiger partial charge is 0.383 e. The van der Waals surface area contributed by atoms with Crippen molar-refractivity contribution < 1.29 is 8.42 Å². The zero-order valence-corrected chi connectivity index (χ0v) is 10.2. The summed E-state index contributed by atoms with van der Waals surface area (Å²) in [7, 11) is -3.56. The van der Waals surface area contributed by atoms with E-state index in [9.17, 15) is 8.42 Å². The molecule has 0 spiro atoms. The van der Waals surface area contributed by atoms with Crippen LogP contribution in [-0.2, 0) is 10.0 Å². The SMILES string of the molecule is Nc1ncccc1S(=O)(=O)NC1CC=CCC1. The van der Waals surface area contributed by atoms with Crippen LogP contribution in [-0.4, -0.2) is 19.4 Å². The van der Waals surface area contributed by atoms with E-state index in [1.165, 1.54) is 12.3 Å². The number of nitrogen functional groups attached to an aromatic ring is 1. The van der Waals surface area contributed by atoms with Crippen molar-refractivity contribution in [2.45, 2.75) is 30.2 Å². The number of sulfonamides is 1. The molecule has 3 N–H and O–H groups in total. The molecule has 0 aliphatic heterocycles. The Morgan fingerprint density at radius 2 is 2.24 bits per heavy atom. The Bertz CT molecular complexity index is 525. The van der Waals surface area contributed by atoms with Gasteiger partial charge in [-0.3, -0.25) is 0 Å². The van der Waals surface area contributed by atoms with Crippen LogP contribution in [0.4, 0.5) is 5.82 Å². The van der Waals surface area contributed by atoms with Gasteiger partial charge < -0.3 is 5.73 Å². The molecule has 0 amide bonds. The maximum Gasteiger partial charge on any atom is 0.244 e. The lowest BCUT2D eigenvalue weighted by Crippen LogP contribution is -2.35. The number of nitrogens with one attached hydrogen (secondary N) is 1. The quantitative estimate of drug-likeness (QED) is 0.788. The molecule has 17 heavy (non-hydrogen) atoms. The smallest absolute Gasteiger partial charge is 0.244 e. The summed E-state index contributed by atoms with van der Waals surface area (Å²) in [5.74, 6) is 0.0337. The van der Waals surface area contributed by atoms with Crippen LogP contribution in [0.15, 0.2) is 35.4 Å². The molecule has 0 saturated carbocycles. The highest BCUT2D eigenvalue weighted by Crippen LogP contribution is 2.18. The van der Waals surface area contributed by atoms with Gasteiger partial charge in [-0.15, -0.1) is 0 Å². The highest BCUT2D eigenvalue weighted by atomic mass is 32.2. The highest BCUT2D eigenvalue weighted by molar-refractivity contribution is 7.89. The van der Waals surface area contributed by atoms with E-state index >= 15 is 0 Å². The van der Waals surface area contributed by atoms with Crippen LogP contribution in [0.1, 0.15) is 19.3 Å². The summed E-state index contributed by atoms with van der Waals surface area (Å²) in [4.78, 5) is 3.83. The van der Waals surface area contributed by atoms with E-state index in [0.717, 1.165) is 19.3 Å². The minimum atomic E-state index is -3.56. The third kappa shape index (κ3) is 2.83. The summed E-state index contributed by atoms with van der Waals surface area (Å²) in [6, 6.07) is 2.97. The molecule has 1 aromatic rings. The molecule has 1 aliphatic rings. The average Bonchev–Trinajstić information content (AvgIpc) is 2.30. The van der Waals surface area contributed by atoms with Gasteiger partial charge in [-0.2, -0.15) is 0 Å². The molecule has 5 nitrogen and oxygen atoms in total. The van der Waals surface area contributed by atoms with Gasteiger partial charge in [-0.1, -0.05) is 12.2 Å². The van der Waals surface area contributed by atoms with E-state index < -0.39 is 10.0 Å². The van der Waals surface area contributed by atoms with Gasteiger partial charge >= 0.3 is 0 Å². The maximum absolute atomic E-state index is 12.1. The molecule has 2 rings (SSSR count). The first kappa shape index (κ1) is 12.1. The van der Waals surface area contributed by atoms with Crippen LogP contribution in [0, 0.1) is 0 Å². The molecule has 1 aliphatic carbocycles. The first-order chi connectivity index (χ1) is 8.09. The number of nitrogens with two attached hydrogens (primary N) is 1. The average molecular weight is 253 g/mol. The summed E-state index contributed by atoms with van der Waals surface area (Å²) in [6.45, 7) is 0. The van der Waals surface area contributed by atoms with E-state index in [2.05, 4.69) is 15.8 Å². The molecular weight excluding hydrogens is 238 g/mol. The Kier molecular flexibility index (Phi) is 3.44. The summed E-state index contributed by atoms with van der Waals surface area (Å²) in [5.41, 5.74) is 5.57. The van der Waals surface area contributed by atoms with E-state index in [1.54, 1.807) is 6.07 Å². The van der Waals surface area contributed by atoms with Gasteiger partial charge in [0.05, 0.1) is 0 Å². The lowest BCUT2D eigenvalue weighted by Gasteiger charge is -2.19. The molecule has 0 radical (unpaired) electrons. The third-order valence-electron chi connectivity index (χ3n) is 2.68. The third-order valence-corrected chi connectivity index (χ3v) is 4.25. The topological polar surface area (TPSA) is 85.1 Å². The molecule has 6 heteroatoms. The second-order valence-electron chi connectivity index (χ2n) is 3.99. The Balaban J connectivity index is 2.19. The Hall–Kier alpha value is -1.40. The number of allylic oxidation sites excluding steroid dienone is 1. The Morgan fingerprint density at radius 3 is 2.88 bits per heavy atom. The minimum absolute atomic E-state index is 0.0337. The van der Waals surface area contributed by atoms with Gasteiger partial charge in [0, 0.05) is 12.2 Å². The number of pyridine rings is 1. The van der Waals surface area contributed by atoms with Crippen molar-refractivity contribution in [3.63, 3.8) is 0 Å². The molecule has 0 fully saturated rings. The van der Waals surface area contributed by atoms with Crippen LogP contribution in [0.25, 0.3) is 0 Å². The molecule has 0 saturated heterocycles. The number of hydrogen-bond acceptors (Lipinski definition) is 4. The second kappa shape index (κ2) is 4.85. The first-order valence-electron chi connectivity index (χ1n) is 5.47. The lowest BCUT2D eigenvalue weighted by molar-refractivity contribution is 0.522. The first-order valence-corrected chi connectivity index (χ1v) is 6.96. The summed E-state index contributed by atoms with van der Waals surface area (Å²) in [6.07, 6.45) is 7.95. The zero-order chi connectivity index (χ0) is 12.3. The molecule has 92 valence electrons. The van der Waals surface area contributed by atoms with Crippen molar-refractivity contribution in [3.05, 3.63) is 30.5 Å². The van der Waals surface area contributed by atoms with E-state index in [0.29, 0.717) is 0 Å². The predicted octanol–water partition coefficient (Wildman–Crippen LogP) is 1.05. The second-order valence-corrected chi connectivity index (χ2v) is 5.67. The number of anilines is 1. The maximum atomic E-state index is 12.1. The van der Waals surface area contributed by atoms with Crippen molar-refractivity contribution in [1.29, 1.82) is 0 Å². The molecule has 0 bridgehead atoms. The molecule has 0 aromatic carbocycles. The molecule has 1 aromatic heterocycles. The van der Waals surface area contributed by atoms with Crippen molar-refractivity contribution in [2.24, 2.45) is 0 Å². The summed E-state index contributed by atoms with van der Waals surface area (Å²) in [5, 5.41) is 0. The van der Waals surface area contributed by atoms with Gasteiger partial charge in [0.1, 0.15) is 10.7 Å². The lowest BCUT2D eigenvalue weighted by atomic mass is 10.0. The van der Waals surface area contributed by atoms with Crippen LogP contribution in [0.2, 0.25) is 0 Å². The fourth-order valence-electron chi connectivity index (χ4n) is 1.81. The standard InChI is InChI=1S/C11H15N3O2S/c12-11-10(7-4-8-13-11)17(15,16)14-9-5-2-1-3-6-9/h1-2,4,7-9,14H,3,5-6H2,(H2,12,13). The number of rotatable bonds is 3. The fourth-order valence-corrected chi connectivity index (χ4v) is 3.18. The normalized spacial score (nSPS) is 20.4. The van der Waals surface area contributed by atoms with Crippen molar-refractivity contribution in [1.82, 2.24) is 9.71 Å². The van der Waals surface area contributed by atoms with Crippen LogP contribution >= 0.6 is 0 Å².